The van der Waals surface area contributed by atoms with Crippen LogP contribution in [0.4, 0.5) is 4.39 Å². The van der Waals surface area contributed by atoms with Gasteiger partial charge in [-0.1, -0.05) is 17.7 Å². The molecule has 0 spiro atoms. The molecule has 2 amide bonds. The normalized spacial score (nSPS) is 20.1. The van der Waals surface area contributed by atoms with E-state index in [9.17, 15) is 14.0 Å². The standard InChI is InChI=1S/C15H18ClFN2O3/c1-22-8-9-5-6-12(9)19-13(20)7-18-15(21)14-10(16)3-2-4-11(14)17/h2-4,9,12H,5-8H2,1H3,(H,18,21)(H,19,20)/t9-,12-/m1/s1. The number of amides is 2. The lowest BCUT2D eigenvalue weighted by Crippen LogP contribution is -2.51. The molecule has 1 aliphatic carbocycles. The van der Waals surface area contributed by atoms with E-state index in [-0.39, 0.29) is 29.1 Å². The van der Waals surface area contributed by atoms with Gasteiger partial charge in [0.2, 0.25) is 5.91 Å². The van der Waals surface area contributed by atoms with Crippen LogP contribution in [-0.4, -0.2) is 38.1 Å². The van der Waals surface area contributed by atoms with Crippen molar-refractivity contribution >= 4 is 23.4 Å². The Hall–Kier alpha value is -1.66. The molecule has 2 N–H and O–H groups in total. The van der Waals surface area contributed by atoms with E-state index in [0.29, 0.717) is 12.5 Å². The second kappa shape index (κ2) is 7.56. The number of nitrogens with one attached hydrogen (secondary N) is 2. The Morgan fingerprint density at radius 1 is 1.41 bits per heavy atom. The lowest BCUT2D eigenvalue weighted by atomic mass is 9.80. The Bertz CT molecular complexity index is 547. The van der Waals surface area contributed by atoms with E-state index in [1.54, 1.807) is 7.11 Å². The Kier molecular flexibility index (Phi) is 5.74. The average molecular weight is 329 g/mol. The largest absolute Gasteiger partial charge is 0.384 e. The van der Waals surface area contributed by atoms with E-state index in [1.165, 1.54) is 12.1 Å². The van der Waals surface area contributed by atoms with Gasteiger partial charge in [0, 0.05) is 19.1 Å². The first kappa shape index (κ1) is 16.7. The van der Waals surface area contributed by atoms with Crippen molar-refractivity contribution in [1.29, 1.82) is 0 Å². The van der Waals surface area contributed by atoms with Gasteiger partial charge in [-0.25, -0.2) is 4.39 Å². The SMILES string of the molecule is COC[C@H]1CC[C@H]1NC(=O)CNC(=O)c1c(F)cccc1Cl. The number of ether oxygens (including phenoxy) is 1. The summed E-state index contributed by atoms with van der Waals surface area (Å²) in [7, 11) is 1.62. The predicted molar refractivity (Wildman–Crippen MR) is 80.3 cm³/mol. The highest BCUT2D eigenvalue weighted by Crippen LogP contribution is 2.27. The maximum Gasteiger partial charge on any atom is 0.256 e. The van der Waals surface area contributed by atoms with Gasteiger partial charge in [0.05, 0.1) is 23.7 Å². The molecule has 0 unspecified atom stereocenters. The van der Waals surface area contributed by atoms with Crippen LogP contribution >= 0.6 is 11.6 Å². The molecule has 0 saturated heterocycles. The number of benzene rings is 1. The van der Waals surface area contributed by atoms with Crippen molar-refractivity contribution in [2.45, 2.75) is 18.9 Å². The molecule has 2 atom stereocenters. The van der Waals surface area contributed by atoms with Gasteiger partial charge < -0.3 is 15.4 Å². The summed E-state index contributed by atoms with van der Waals surface area (Å²) in [6.07, 6.45) is 1.91. The monoisotopic (exact) mass is 328 g/mol. The van der Waals surface area contributed by atoms with Gasteiger partial charge in [-0.2, -0.15) is 0 Å². The van der Waals surface area contributed by atoms with Crippen LogP contribution in [0.25, 0.3) is 0 Å². The molecule has 0 bridgehead atoms. The summed E-state index contributed by atoms with van der Waals surface area (Å²) >= 11 is 5.79. The molecule has 0 aliphatic heterocycles. The van der Waals surface area contributed by atoms with Crippen molar-refractivity contribution in [2.75, 3.05) is 20.3 Å². The van der Waals surface area contributed by atoms with Crippen molar-refractivity contribution in [3.63, 3.8) is 0 Å². The molecule has 2 rings (SSSR count). The number of rotatable bonds is 6. The van der Waals surface area contributed by atoms with E-state index in [1.807, 2.05) is 0 Å². The second-order valence-corrected chi connectivity index (χ2v) is 5.65. The Balaban J connectivity index is 1.82. The fraction of sp³-hybridized carbons (Fsp3) is 0.467. The lowest BCUT2D eigenvalue weighted by molar-refractivity contribution is -0.122. The summed E-state index contributed by atoms with van der Waals surface area (Å²) in [5.41, 5.74) is -0.252. The molecule has 7 heteroatoms. The number of carbonyl (C=O) groups is 2. The van der Waals surface area contributed by atoms with Crippen LogP contribution in [0.3, 0.4) is 0 Å². The van der Waals surface area contributed by atoms with Gasteiger partial charge >= 0.3 is 0 Å². The second-order valence-electron chi connectivity index (χ2n) is 5.25. The lowest BCUT2D eigenvalue weighted by Gasteiger charge is -2.36. The molecule has 0 radical (unpaired) electrons. The van der Waals surface area contributed by atoms with Crippen LogP contribution < -0.4 is 10.6 Å². The Morgan fingerprint density at radius 3 is 2.77 bits per heavy atom. The first-order valence-corrected chi connectivity index (χ1v) is 7.41. The first-order chi connectivity index (χ1) is 10.5. The number of hydrogen-bond acceptors (Lipinski definition) is 3. The summed E-state index contributed by atoms with van der Waals surface area (Å²) < 4.78 is 18.6. The molecule has 1 fully saturated rings. The Morgan fingerprint density at radius 2 is 2.18 bits per heavy atom. The third kappa shape index (κ3) is 3.96. The smallest absolute Gasteiger partial charge is 0.256 e. The molecule has 0 heterocycles. The van der Waals surface area contributed by atoms with Gasteiger partial charge in [-0.15, -0.1) is 0 Å². The van der Waals surface area contributed by atoms with Gasteiger partial charge in [0.15, 0.2) is 0 Å². The van der Waals surface area contributed by atoms with E-state index in [0.717, 1.165) is 18.9 Å². The zero-order valence-electron chi connectivity index (χ0n) is 12.2. The molecular weight excluding hydrogens is 311 g/mol. The zero-order chi connectivity index (χ0) is 16.1. The van der Waals surface area contributed by atoms with Gasteiger partial charge in [0.25, 0.3) is 5.91 Å². The van der Waals surface area contributed by atoms with E-state index >= 15 is 0 Å². The van der Waals surface area contributed by atoms with Crippen LogP contribution in [0.15, 0.2) is 18.2 Å². The molecule has 1 aliphatic rings. The quantitative estimate of drug-likeness (QED) is 0.836. The maximum absolute atomic E-state index is 13.6. The van der Waals surface area contributed by atoms with Gasteiger partial charge in [-0.3, -0.25) is 9.59 Å². The van der Waals surface area contributed by atoms with Crippen LogP contribution in [0, 0.1) is 11.7 Å². The maximum atomic E-state index is 13.6. The van der Waals surface area contributed by atoms with E-state index in [4.69, 9.17) is 16.3 Å². The molecule has 1 aromatic rings. The molecule has 1 aromatic carbocycles. The van der Waals surface area contributed by atoms with Crippen molar-refractivity contribution in [3.05, 3.63) is 34.6 Å². The molecule has 1 saturated carbocycles. The Labute approximate surface area is 133 Å². The topological polar surface area (TPSA) is 67.4 Å². The van der Waals surface area contributed by atoms with E-state index in [2.05, 4.69) is 10.6 Å². The third-order valence-corrected chi connectivity index (χ3v) is 4.06. The number of hydrogen-bond donors (Lipinski definition) is 2. The minimum Gasteiger partial charge on any atom is -0.384 e. The van der Waals surface area contributed by atoms with E-state index < -0.39 is 11.7 Å². The first-order valence-electron chi connectivity index (χ1n) is 7.03. The van der Waals surface area contributed by atoms with Crippen LogP contribution in [-0.2, 0) is 9.53 Å². The molecule has 22 heavy (non-hydrogen) atoms. The number of methoxy groups -OCH3 is 1. The van der Waals surface area contributed by atoms with Crippen molar-refractivity contribution in [2.24, 2.45) is 5.92 Å². The van der Waals surface area contributed by atoms with Crippen LogP contribution in [0.5, 0.6) is 0 Å². The van der Waals surface area contributed by atoms with Crippen molar-refractivity contribution in [1.82, 2.24) is 10.6 Å². The van der Waals surface area contributed by atoms with Crippen molar-refractivity contribution in [3.8, 4) is 0 Å². The molecule has 5 nitrogen and oxygen atoms in total. The summed E-state index contributed by atoms with van der Waals surface area (Å²) in [4.78, 5) is 23.7. The molecule has 0 aromatic heterocycles. The third-order valence-electron chi connectivity index (χ3n) is 3.74. The van der Waals surface area contributed by atoms with Crippen LogP contribution in [0.1, 0.15) is 23.2 Å². The summed E-state index contributed by atoms with van der Waals surface area (Å²) in [6, 6.07) is 4.04. The highest BCUT2D eigenvalue weighted by Gasteiger charge is 2.31. The average Bonchev–Trinajstić information content (AvgIpc) is 2.47. The van der Waals surface area contributed by atoms with Crippen molar-refractivity contribution < 1.29 is 18.7 Å². The summed E-state index contributed by atoms with van der Waals surface area (Å²) in [5, 5.41) is 5.21. The number of halogens is 2. The molecule has 120 valence electrons. The number of carbonyl (C=O) groups excluding carboxylic acids is 2. The minimum absolute atomic E-state index is 0.0112. The predicted octanol–water partition coefficient (Wildman–Crippen LogP) is 1.75. The highest BCUT2D eigenvalue weighted by atomic mass is 35.5. The van der Waals surface area contributed by atoms with Gasteiger partial charge in [-0.05, 0) is 25.0 Å². The highest BCUT2D eigenvalue weighted by molar-refractivity contribution is 6.33. The molecular formula is C15H18ClFN2O3. The van der Waals surface area contributed by atoms with Gasteiger partial charge in [0.1, 0.15) is 5.82 Å². The summed E-state index contributed by atoms with van der Waals surface area (Å²) in [5.74, 6) is -1.43. The van der Waals surface area contributed by atoms with Crippen LogP contribution in [0.2, 0.25) is 5.02 Å². The minimum atomic E-state index is -0.718. The zero-order valence-corrected chi connectivity index (χ0v) is 13.0. The summed E-state index contributed by atoms with van der Waals surface area (Å²) in [6.45, 7) is 0.377. The fourth-order valence-corrected chi connectivity index (χ4v) is 2.64. The fourth-order valence-electron chi connectivity index (χ4n) is 2.39.